The Balaban J connectivity index is 2.07. The molecule has 0 aliphatic rings. The summed E-state index contributed by atoms with van der Waals surface area (Å²) < 4.78 is 5.46. The van der Waals surface area contributed by atoms with Crippen molar-refractivity contribution in [1.82, 2.24) is 5.32 Å². The third-order valence-corrected chi connectivity index (χ3v) is 3.56. The lowest BCUT2D eigenvalue weighted by molar-refractivity contribution is -0.119. The van der Waals surface area contributed by atoms with Gasteiger partial charge >= 0.3 is 0 Å². The van der Waals surface area contributed by atoms with Gasteiger partial charge in [-0.15, -0.1) is 0 Å². The van der Waals surface area contributed by atoms with Gasteiger partial charge in [0, 0.05) is 17.7 Å². The summed E-state index contributed by atoms with van der Waals surface area (Å²) in [6, 6.07) is 8.68. The monoisotopic (exact) mass is 352 g/mol. The molecular weight excluding hydrogens is 336 g/mol. The number of thiocarbonyl (C=S) groups is 1. The molecule has 1 aromatic heterocycles. The van der Waals surface area contributed by atoms with E-state index in [1.54, 1.807) is 30.3 Å². The Bertz CT molecular complexity index is 715. The summed E-state index contributed by atoms with van der Waals surface area (Å²) in [6.45, 7) is 1.76. The molecule has 0 spiro atoms. The quantitative estimate of drug-likeness (QED) is 0.715. The molecule has 0 fully saturated rings. The number of furan rings is 1. The molecule has 0 radical (unpaired) electrons. The van der Waals surface area contributed by atoms with E-state index in [1.807, 2.05) is 6.92 Å². The lowest BCUT2D eigenvalue weighted by Gasteiger charge is -2.10. The maximum absolute atomic E-state index is 11.5. The van der Waals surface area contributed by atoms with Gasteiger partial charge in [0.05, 0.1) is 5.02 Å². The minimum atomic E-state index is -0.164. The fourth-order valence-electron chi connectivity index (χ4n) is 1.98. The summed E-state index contributed by atoms with van der Waals surface area (Å²) in [6.07, 6.45) is 1.18. The van der Waals surface area contributed by atoms with Crippen LogP contribution in [0.25, 0.3) is 11.3 Å². The summed E-state index contributed by atoms with van der Waals surface area (Å²) in [4.78, 5) is 11.5. The van der Waals surface area contributed by atoms with Gasteiger partial charge in [-0.3, -0.25) is 4.79 Å². The van der Waals surface area contributed by atoms with E-state index in [0.29, 0.717) is 34.2 Å². The first-order valence-electron chi connectivity index (χ1n) is 7.13. The minimum Gasteiger partial charge on any atom is -0.459 e. The Morgan fingerprint density at radius 1 is 1.35 bits per heavy atom. The Morgan fingerprint density at radius 2 is 2.13 bits per heavy atom. The third kappa shape index (κ3) is 4.79. The van der Waals surface area contributed by atoms with Crippen LogP contribution in [0.15, 0.2) is 34.7 Å². The van der Waals surface area contributed by atoms with Crippen molar-refractivity contribution < 1.29 is 14.3 Å². The highest BCUT2D eigenvalue weighted by molar-refractivity contribution is 7.80. The molecule has 0 aliphatic heterocycles. The van der Waals surface area contributed by atoms with Crippen molar-refractivity contribution in [2.75, 3.05) is 5.32 Å². The zero-order valence-electron chi connectivity index (χ0n) is 12.6. The first-order chi connectivity index (χ1) is 11.0. The first kappa shape index (κ1) is 17.5. The normalized spacial score (nSPS) is 10.4. The summed E-state index contributed by atoms with van der Waals surface area (Å²) in [5.74, 6) is 0.919. The first-order valence-corrected chi connectivity index (χ1v) is 7.92. The molecule has 0 saturated carbocycles. The van der Waals surface area contributed by atoms with Crippen molar-refractivity contribution in [3.05, 3.63) is 41.1 Å². The van der Waals surface area contributed by atoms with Crippen molar-refractivity contribution in [3.8, 4) is 11.3 Å². The van der Waals surface area contributed by atoms with Crippen LogP contribution < -0.4 is 10.6 Å². The zero-order chi connectivity index (χ0) is 16.8. The fourth-order valence-corrected chi connectivity index (χ4v) is 2.48. The second kappa shape index (κ2) is 8.10. The van der Waals surface area contributed by atoms with Crippen molar-refractivity contribution in [2.45, 2.75) is 26.4 Å². The van der Waals surface area contributed by atoms with Crippen molar-refractivity contribution >= 4 is 40.5 Å². The molecular formula is C16H17ClN2O3S. The number of anilines is 1. The minimum absolute atomic E-state index is 0.125. The highest BCUT2D eigenvalue weighted by Crippen LogP contribution is 2.31. The molecule has 1 aromatic carbocycles. The summed E-state index contributed by atoms with van der Waals surface area (Å²) in [7, 11) is 0. The number of aliphatic hydroxyl groups excluding tert-OH is 1. The molecule has 23 heavy (non-hydrogen) atoms. The molecule has 0 atom stereocenters. The number of halogens is 1. The van der Waals surface area contributed by atoms with E-state index in [2.05, 4.69) is 10.6 Å². The van der Waals surface area contributed by atoms with Gasteiger partial charge in [-0.1, -0.05) is 18.5 Å². The summed E-state index contributed by atoms with van der Waals surface area (Å²) >= 11 is 11.3. The van der Waals surface area contributed by atoms with E-state index < -0.39 is 0 Å². The summed E-state index contributed by atoms with van der Waals surface area (Å²) in [5, 5.41) is 15.2. The van der Waals surface area contributed by atoms with Crippen LogP contribution in [0.2, 0.25) is 5.02 Å². The lowest BCUT2D eigenvalue weighted by Crippen LogP contribution is -2.33. The van der Waals surface area contributed by atoms with Crippen LogP contribution in [0.1, 0.15) is 25.5 Å². The molecule has 0 aliphatic carbocycles. The van der Waals surface area contributed by atoms with E-state index in [-0.39, 0.29) is 17.6 Å². The second-order valence-electron chi connectivity index (χ2n) is 4.87. The number of aliphatic hydroxyl groups is 1. The molecule has 2 aromatic rings. The van der Waals surface area contributed by atoms with Gasteiger partial charge in [0.25, 0.3) is 0 Å². The van der Waals surface area contributed by atoms with Gasteiger partial charge in [-0.05, 0) is 49.0 Å². The number of benzene rings is 1. The molecule has 3 N–H and O–H groups in total. The molecule has 0 saturated heterocycles. The van der Waals surface area contributed by atoms with Crippen LogP contribution in [-0.2, 0) is 11.4 Å². The van der Waals surface area contributed by atoms with Crippen LogP contribution in [0.4, 0.5) is 5.69 Å². The Hall–Kier alpha value is -1.89. The number of rotatable bonds is 5. The van der Waals surface area contributed by atoms with E-state index in [4.69, 9.17) is 33.3 Å². The smallest absolute Gasteiger partial charge is 0.226 e. The SMILES string of the molecule is CCCC(=O)NC(=S)Nc1ccc(-c2ccc(CO)o2)c(Cl)c1. The van der Waals surface area contributed by atoms with E-state index in [1.165, 1.54) is 0 Å². The van der Waals surface area contributed by atoms with E-state index in [0.717, 1.165) is 6.42 Å². The van der Waals surface area contributed by atoms with Crippen LogP contribution in [0, 0.1) is 0 Å². The molecule has 0 bridgehead atoms. The highest BCUT2D eigenvalue weighted by Gasteiger charge is 2.10. The van der Waals surface area contributed by atoms with Crippen LogP contribution >= 0.6 is 23.8 Å². The average molecular weight is 353 g/mol. The van der Waals surface area contributed by atoms with Crippen molar-refractivity contribution in [1.29, 1.82) is 0 Å². The second-order valence-corrected chi connectivity index (χ2v) is 5.69. The summed E-state index contributed by atoms with van der Waals surface area (Å²) in [5.41, 5.74) is 1.37. The zero-order valence-corrected chi connectivity index (χ0v) is 14.1. The van der Waals surface area contributed by atoms with Crippen molar-refractivity contribution in [2.24, 2.45) is 0 Å². The standard InChI is InChI=1S/C16H17ClN2O3S/c1-2-3-15(21)19-16(23)18-10-4-6-12(13(17)8-10)14-7-5-11(9-20)22-14/h4-8,20H,2-3,9H2,1H3,(H2,18,19,21,23). The Kier molecular flexibility index (Phi) is 6.15. The number of carbonyl (C=O) groups is 1. The Labute approximate surface area is 144 Å². The van der Waals surface area contributed by atoms with Gasteiger partial charge in [0.2, 0.25) is 5.91 Å². The van der Waals surface area contributed by atoms with Gasteiger partial charge in [-0.25, -0.2) is 0 Å². The molecule has 1 heterocycles. The van der Waals surface area contributed by atoms with Crippen molar-refractivity contribution in [3.63, 3.8) is 0 Å². The van der Waals surface area contributed by atoms with E-state index >= 15 is 0 Å². The van der Waals surface area contributed by atoms with Gasteiger partial charge in [-0.2, -0.15) is 0 Å². The number of hydrogen-bond donors (Lipinski definition) is 3. The van der Waals surface area contributed by atoms with Crippen LogP contribution in [0.5, 0.6) is 0 Å². The number of amides is 1. The topological polar surface area (TPSA) is 74.5 Å². The number of carbonyl (C=O) groups excluding carboxylic acids is 1. The number of hydrogen-bond acceptors (Lipinski definition) is 4. The van der Waals surface area contributed by atoms with Gasteiger partial charge < -0.3 is 20.2 Å². The van der Waals surface area contributed by atoms with Crippen LogP contribution in [0.3, 0.4) is 0 Å². The maximum atomic E-state index is 11.5. The molecule has 7 heteroatoms. The average Bonchev–Trinajstić information content (AvgIpc) is 2.96. The molecule has 0 unspecified atom stereocenters. The maximum Gasteiger partial charge on any atom is 0.226 e. The van der Waals surface area contributed by atoms with E-state index in [9.17, 15) is 4.79 Å². The molecule has 2 rings (SSSR count). The largest absolute Gasteiger partial charge is 0.459 e. The third-order valence-electron chi connectivity index (χ3n) is 3.04. The molecule has 1 amide bonds. The van der Waals surface area contributed by atoms with Gasteiger partial charge in [0.15, 0.2) is 5.11 Å². The highest BCUT2D eigenvalue weighted by atomic mass is 35.5. The fraction of sp³-hybridized carbons (Fsp3) is 0.250. The predicted molar refractivity (Wildman–Crippen MR) is 94.3 cm³/mol. The van der Waals surface area contributed by atoms with Gasteiger partial charge in [0.1, 0.15) is 18.1 Å². The van der Waals surface area contributed by atoms with Crippen LogP contribution in [-0.4, -0.2) is 16.1 Å². The molecule has 5 nitrogen and oxygen atoms in total. The Morgan fingerprint density at radius 3 is 2.74 bits per heavy atom. The molecule has 122 valence electrons. The predicted octanol–water partition coefficient (Wildman–Crippen LogP) is 3.71. The lowest BCUT2D eigenvalue weighted by atomic mass is 10.1. The number of nitrogens with one attached hydrogen (secondary N) is 2.